The minimum atomic E-state index is -0.0689. The molecule has 0 saturated heterocycles. The van der Waals surface area contributed by atoms with Gasteiger partial charge in [-0.3, -0.25) is 14.8 Å². The molecule has 0 fully saturated rings. The molecule has 0 N–H and O–H groups in total. The Morgan fingerprint density at radius 3 is 2.74 bits per heavy atom. The number of carbonyl (C=O) groups excluding carboxylic acids is 1. The molecule has 19 heavy (non-hydrogen) atoms. The van der Waals surface area contributed by atoms with Crippen molar-refractivity contribution in [3.63, 3.8) is 0 Å². The molecular formula is C12H10N6O. The lowest BCUT2D eigenvalue weighted by Gasteiger charge is -2.00. The molecule has 0 bridgehead atoms. The van der Waals surface area contributed by atoms with Crippen LogP contribution in [0.5, 0.6) is 0 Å². The third kappa shape index (κ3) is 2.30. The van der Waals surface area contributed by atoms with E-state index in [4.69, 9.17) is 0 Å². The van der Waals surface area contributed by atoms with Gasteiger partial charge in [-0.2, -0.15) is 4.80 Å². The first-order chi connectivity index (χ1) is 9.22. The van der Waals surface area contributed by atoms with Gasteiger partial charge in [0, 0.05) is 18.0 Å². The highest BCUT2D eigenvalue weighted by molar-refractivity contribution is 5.99. The molecule has 0 aliphatic rings. The van der Waals surface area contributed by atoms with Crippen molar-refractivity contribution in [1.29, 1.82) is 0 Å². The fourth-order valence-electron chi connectivity index (χ4n) is 1.78. The van der Waals surface area contributed by atoms with Gasteiger partial charge < -0.3 is 0 Å². The minimum absolute atomic E-state index is 0.0689. The summed E-state index contributed by atoms with van der Waals surface area (Å²) in [5.74, 6) is 0.340. The summed E-state index contributed by atoms with van der Waals surface area (Å²) in [7, 11) is 1.66. The molecule has 0 aliphatic heterocycles. The Bertz CT molecular complexity index is 751. The normalized spacial score (nSPS) is 10.8. The van der Waals surface area contributed by atoms with Gasteiger partial charge in [0.15, 0.2) is 11.6 Å². The summed E-state index contributed by atoms with van der Waals surface area (Å²) in [6.45, 7) is 0. The topological polar surface area (TPSA) is 86.5 Å². The van der Waals surface area contributed by atoms with Gasteiger partial charge in [0.1, 0.15) is 0 Å². The Balaban J connectivity index is 1.89. The lowest BCUT2D eigenvalue weighted by atomic mass is 10.1. The highest BCUT2D eigenvalue weighted by Gasteiger charge is 2.11. The molecule has 0 atom stereocenters. The maximum atomic E-state index is 12.1. The van der Waals surface area contributed by atoms with Crippen molar-refractivity contribution >= 4 is 16.8 Å². The number of benzene rings is 1. The van der Waals surface area contributed by atoms with Gasteiger partial charge in [-0.1, -0.05) is 0 Å². The summed E-state index contributed by atoms with van der Waals surface area (Å²) >= 11 is 0. The fraction of sp³-hybridized carbons (Fsp3) is 0.167. The van der Waals surface area contributed by atoms with Gasteiger partial charge in [0.2, 0.25) is 0 Å². The molecule has 0 aliphatic carbocycles. The number of aryl methyl sites for hydroxylation is 1. The zero-order valence-electron chi connectivity index (χ0n) is 10.2. The van der Waals surface area contributed by atoms with Crippen molar-refractivity contribution in [3.05, 3.63) is 42.0 Å². The summed E-state index contributed by atoms with van der Waals surface area (Å²) in [5, 5.41) is 11.5. The van der Waals surface area contributed by atoms with Crippen LogP contribution in [-0.2, 0) is 13.5 Å². The lowest BCUT2D eigenvalue weighted by Crippen LogP contribution is -2.05. The molecule has 0 unspecified atom stereocenters. The van der Waals surface area contributed by atoms with Gasteiger partial charge in [0.05, 0.1) is 24.5 Å². The third-order valence-electron chi connectivity index (χ3n) is 2.66. The fourth-order valence-corrected chi connectivity index (χ4v) is 1.78. The Kier molecular flexibility index (Phi) is 2.71. The maximum absolute atomic E-state index is 12.1. The van der Waals surface area contributed by atoms with Crippen LogP contribution in [0.3, 0.4) is 0 Å². The number of hydrogen-bond acceptors (Lipinski definition) is 6. The Labute approximate surface area is 108 Å². The lowest BCUT2D eigenvalue weighted by molar-refractivity contribution is 0.0991. The maximum Gasteiger partial charge on any atom is 0.182 e. The van der Waals surface area contributed by atoms with Crippen molar-refractivity contribution in [2.24, 2.45) is 7.05 Å². The minimum Gasteiger partial charge on any atom is -0.294 e. The smallest absolute Gasteiger partial charge is 0.182 e. The van der Waals surface area contributed by atoms with Crippen LogP contribution >= 0.6 is 0 Å². The SMILES string of the molecule is Cn1nnc(CC(=O)c2ccc3nccnc3c2)n1. The monoisotopic (exact) mass is 254 g/mol. The quantitative estimate of drug-likeness (QED) is 0.635. The standard InChI is InChI=1S/C12H10N6O/c1-18-16-12(15-17-18)7-11(19)8-2-3-9-10(6-8)14-5-4-13-9/h2-6H,7H2,1H3. The summed E-state index contributed by atoms with van der Waals surface area (Å²) in [4.78, 5) is 21.8. The van der Waals surface area contributed by atoms with E-state index in [1.54, 1.807) is 37.6 Å². The predicted molar refractivity (Wildman–Crippen MR) is 66.4 cm³/mol. The first-order valence-electron chi connectivity index (χ1n) is 5.69. The van der Waals surface area contributed by atoms with Gasteiger partial charge >= 0.3 is 0 Å². The number of ketones is 1. The second kappa shape index (κ2) is 4.52. The Morgan fingerprint density at radius 2 is 2.00 bits per heavy atom. The molecule has 3 rings (SSSR count). The van der Waals surface area contributed by atoms with Gasteiger partial charge in [-0.05, 0) is 23.4 Å². The average molecular weight is 254 g/mol. The third-order valence-corrected chi connectivity index (χ3v) is 2.66. The zero-order valence-corrected chi connectivity index (χ0v) is 10.2. The molecule has 0 amide bonds. The summed E-state index contributed by atoms with van der Waals surface area (Å²) < 4.78 is 0. The van der Waals surface area contributed by atoms with Crippen LogP contribution in [0.25, 0.3) is 11.0 Å². The van der Waals surface area contributed by atoms with Crippen LogP contribution in [0.4, 0.5) is 0 Å². The van der Waals surface area contributed by atoms with E-state index >= 15 is 0 Å². The van der Waals surface area contributed by atoms with E-state index in [0.29, 0.717) is 16.9 Å². The van der Waals surface area contributed by atoms with E-state index in [2.05, 4.69) is 25.4 Å². The second-order valence-electron chi connectivity index (χ2n) is 4.05. The van der Waals surface area contributed by atoms with Crippen LogP contribution in [0.2, 0.25) is 0 Å². The van der Waals surface area contributed by atoms with E-state index in [1.807, 2.05) is 0 Å². The molecule has 0 spiro atoms. The highest BCUT2D eigenvalue weighted by atomic mass is 16.1. The molecule has 1 aromatic carbocycles. The number of hydrogen-bond donors (Lipinski definition) is 0. The Hall–Kier alpha value is -2.70. The molecule has 0 radical (unpaired) electrons. The first kappa shape index (κ1) is 11.4. The number of nitrogens with zero attached hydrogens (tertiary/aromatic N) is 6. The van der Waals surface area contributed by atoms with Crippen molar-refractivity contribution in [3.8, 4) is 0 Å². The summed E-state index contributed by atoms with van der Waals surface area (Å²) in [6, 6.07) is 5.23. The van der Waals surface area contributed by atoms with Crippen LogP contribution in [0.15, 0.2) is 30.6 Å². The van der Waals surface area contributed by atoms with Crippen molar-refractivity contribution < 1.29 is 4.79 Å². The molecule has 94 valence electrons. The number of Topliss-reactive ketones (excluding diaryl/α,β-unsaturated/α-hetero) is 1. The van der Waals surface area contributed by atoms with Crippen LogP contribution < -0.4 is 0 Å². The van der Waals surface area contributed by atoms with Gasteiger partial charge in [-0.25, -0.2) is 0 Å². The van der Waals surface area contributed by atoms with E-state index in [9.17, 15) is 4.79 Å². The number of fused-ring (bicyclic) bond motifs is 1. The number of rotatable bonds is 3. The highest BCUT2D eigenvalue weighted by Crippen LogP contribution is 2.12. The molecule has 3 aromatic rings. The van der Waals surface area contributed by atoms with E-state index in [0.717, 1.165) is 5.52 Å². The Morgan fingerprint density at radius 1 is 1.21 bits per heavy atom. The van der Waals surface area contributed by atoms with E-state index < -0.39 is 0 Å². The molecule has 7 nitrogen and oxygen atoms in total. The summed E-state index contributed by atoms with van der Waals surface area (Å²) in [6.07, 6.45) is 3.34. The van der Waals surface area contributed by atoms with Crippen LogP contribution in [-0.4, -0.2) is 36.0 Å². The summed E-state index contributed by atoms with van der Waals surface area (Å²) in [5.41, 5.74) is 2.03. The molecular weight excluding hydrogens is 244 g/mol. The number of aromatic nitrogens is 6. The van der Waals surface area contributed by atoms with Gasteiger partial charge in [-0.15, -0.1) is 10.2 Å². The van der Waals surface area contributed by atoms with Crippen molar-refractivity contribution in [1.82, 2.24) is 30.2 Å². The van der Waals surface area contributed by atoms with E-state index in [-0.39, 0.29) is 12.2 Å². The molecule has 0 saturated carbocycles. The average Bonchev–Trinajstić information content (AvgIpc) is 2.83. The largest absolute Gasteiger partial charge is 0.294 e. The number of tetrazole rings is 1. The van der Waals surface area contributed by atoms with Crippen molar-refractivity contribution in [2.45, 2.75) is 6.42 Å². The van der Waals surface area contributed by atoms with Crippen molar-refractivity contribution in [2.75, 3.05) is 0 Å². The number of carbonyl (C=O) groups is 1. The second-order valence-corrected chi connectivity index (χ2v) is 4.05. The molecule has 7 heteroatoms. The zero-order chi connectivity index (χ0) is 13.2. The molecule has 2 aromatic heterocycles. The first-order valence-corrected chi connectivity index (χ1v) is 5.69. The predicted octanol–water partition coefficient (Wildman–Crippen LogP) is 0.579. The van der Waals surface area contributed by atoms with Gasteiger partial charge in [0.25, 0.3) is 0 Å². The van der Waals surface area contributed by atoms with E-state index in [1.165, 1.54) is 4.80 Å². The molecule has 2 heterocycles. The van der Waals surface area contributed by atoms with Crippen LogP contribution in [0.1, 0.15) is 16.2 Å². The van der Waals surface area contributed by atoms with Crippen LogP contribution in [0, 0.1) is 0 Å².